The monoisotopic (exact) mass is 278 g/mol. The van der Waals surface area contributed by atoms with Gasteiger partial charge in [0.05, 0.1) is 6.04 Å². The minimum Gasteiger partial charge on any atom is -0.334 e. The molecule has 114 valence electrons. The number of imidazole rings is 1. The highest BCUT2D eigenvalue weighted by molar-refractivity contribution is 5.10. The van der Waals surface area contributed by atoms with E-state index in [0.717, 1.165) is 31.6 Å². The fourth-order valence-electron chi connectivity index (χ4n) is 3.77. The van der Waals surface area contributed by atoms with Crippen molar-refractivity contribution >= 4 is 0 Å². The van der Waals surface area contributed by atoms with Crippen LogP contribution in [-0.2, 0) is 6.54 Å². The highest BCUT2D eigenvalue weighted by Gasteiger charge is 2.42. The van der Waals surface area contributed by atoms with Gasteiger partial charge in [-0.2, -0.15) is 0 Å². The van der Waals surface area contributed by atoms with E-state index in [1.54, 1.807) is 0 Å². The SMILES string of the molecule is CCCn1ccnc1C(N)C(CC)(CC)N1CCCC1. The third-order valence-electron chi connectivity index (χ3n) is 5.03. The summed E-state index contributed by atoms with van der Waals surface area (Å²) in [5.74, 6) is 1.06. The Labute approximate surface area is 123 Å². The molecule has 1 aliphatic rings. The zero-order valence-corrected chi connectivity index (χ0v) is 13.3. The standard InChI is InChI=1S/C16H30N4/c1-4-10-19-13-9-18-15(19)14(17)16(5-2,6-3)20-11-7-8-12-20/h9,13-14H,4-8,10-12,17H2,1-3H3. The first-order valence-corrected chi connectivity index (χ1v) is 8.21. The minimum absolute atomic E-state index is 0.00264. The van der Waals surface area contributed by atoms with Gasteiger partial charge in [0.1, 0.15) is 5.82 Å². The Morgan fingerprint density at radius 1 is 1.25 bits per heavy atom. The number of rotatable bonds is 7. The predicted octanol–water partition coefficient (Wildman–Crippen LogP) is 2.95. The summed E-state index contributed by atoms with van der Waals surface area (Å²) in [6, 6.07) is -0.00264. The molecule has 1 aromatic heterocycles. The summed E-state index contributed by atoms with van der Waals surface area (Å²) in [4.78, 5) is 7.19. The second kappa shape index (κ2) is 6.72. The van der Waals surface area contributed by atoms with Crippen LogP contribution in [0.25, 0.3) is 0 Å². The number of nitrogens with two attached hydrogens (primary N) is 1. The maximum absolute atomic E-state index is 6.73. The first-order chi connectivity index (χ1) is 9.69. The van der Waals surface area contributed by atoms with Gasteiger partial charge in [0.15, 0.2) is 0 Å². The summed E-state index contributed by atoms with van der Waals surface area (Å²) in [7, 11) is 0. The van der Waals surface area contributed by atoms with Crippen LogP contribution in [0.2, 0.25) is 0 Å². The van der Waals surface area contributed by atoms with E-state index in [0.29, 0.717) is 0 Å². The van der Waals surface area contributed by atoms with Crippen LogP contribution < -0.4 is 5.73 Å². The smallest absolute Gasteiger partial charge is 0.127 e. The zero-order chi connectivity index (χ0) is 14.6. The third kappa shape index (κ3) is 2.63. The lowest BCUT2D eigenvalue weighted by atomic mass is 9.82. The molecule has 4 nitrogen and oxygen atoms in total. The Kier molecular flexibility index (Phi) is 5.22. The molecule has 0 bridgehead atoms. The number of hydrogen-bond donors (Lipinski definition) is 1. The Hall–Kier alpha value is -0.870. The van der Waals surface area contributed by atoms with Crippen molar-refractivity contribution in [1.29, 1.82) is 0 Å². The molecular formula is C16H30N4. The van der Waals surface area contributed by atoms with Gasteiger partial charge in [-0.25, -0.2) is 4.98 Å². The van der Waals surface area contributed by atoms with Crippen molar-refractivity contribution < 1.29 is 0 Å². The number of aryl methyl sites for hydroxylation is 1. The van der Waals surface area contributed by atoms with Crippen LogP contribution in [0, 0.1) is 0 Å². The van der Waals surface area contributed by atoms with Crippen molar-refractivity contribution in [3.8, 4) is 0 Å². The zero-order valence-electron chi connectivity index (χ0n) is 13.3. The molecule has 1 saturated heterocycles. The fourth-order valence-corrected chi connectivity index (χ4v) is 3.77. The molecule has 4 heteroatoms. The van der Waals surface area contributed by atoms with Gasteiger partial charge in [0.25, 0.3) is 0 Å². The second-order valence-corrected chi connectivity index (χ2v) is 5.96. The van der Waals surface area contributed by atoms with Gasteiger partial charge in [-0.15, -0.1) is 0 Å². The summed E-state index contributed by atoms with van der Waals surface area (Å²) in [6.07, 6.45) is 9.86. The lowest BCUT2D eigenvalue weighted by Gasteiger charge is -2.45. The van der Waals surface area contributed by atoms with Gasteiger partial charge in [-0.1, -0.05) is 20.8 Å². The molecule has 2 heterocycles. The van der Waals surface area contributed by atoms with E-state index in [-0.39, 0.29) is 11.6 Å². The van der Waals surface area contributed by atoms with Crippen LogP contribution in [-0.4, -0.2) is 33.1 Å². The lowest BCUT2D eigenvalue weighted by molar-refractivity contribution is 0.0723. The average molecular weight is 278 g/mol. The summed E-state index contributed by atoms with van der Waals surface area (Å²) in [5.41, 5.74) is 6.79. The van der Waals surface area contributed by atoms with Crippen LogP contribution >= 0.6 is 0 Å². The molecule has 1 aliphatic heterocycles. The van der Waals surface area contributed by atoms with Gasteiger partial charge in [-0.3, -0.25) is 4.90 Å². The number of hydrogen-bond acceptors (Lipinski definition) is 3. The molecule has 1 fully saturated rings. The molecule has 0 aliphatic carbocycles. The highest BCUT2D eigenvalue weighted by Crippen LogP contribution is 2.37. The quantitative estimate of drug-likeness (QED) is 0.834. The van der Waals surface area contributed by atoms with Crippen molar-refractivity contribution in [3.63, 3.8) is 0 Å². The molecule has 0 spiro atoms. The highest BCUT2D eigenvalue weighted by atomic mass is 15.2. The summed E-state index contributed by atoms with van der Waals surface area (Å²) < 4.78 is 2.24. The van der Waals surface area contributed by atoms with Crippen LogP contribution in [0.15, 0.2) is 12.4 Å². The maximum atomic E-state index is 6.73. The fraction of sp³-hybridized carbons (Fsp3) is 0.812. The molecule has 1 atom stereocenters. The minimum atomic E-state index is -0.00264. The largest absolute Gasteiger partial charge is 0.334 e. The van der Waals surface area contributed by atoms with Crippen molar-refractivity contribution in [2.45, 2.75) is 71.0 Å². The van der Waals surface area contributed by atoms with Crippen molar-refractivity contribution in [2.24, 2.45) is 5.73 Å². The molecular weight excluding hydrogens is 248 g/mol. The van der Waals surface area contributed by atoms with Gasteiger partial charge in [0, 0.05) is 24.5 Å². The van der Waals surface area contributed by atoms with Crippen molar-refractivity contribution in [1.82, 2.24) is 14.5 Å². The predicted molar refractivity (Wildman–Crippen MR) is 83.6 cm³/mol. The Bertz CT molecular complexity index is 402. The Balaban J connectivity index is 2.30. The van der Waals surface area contributed by atoms with E-state index in [1.165, 1.54) is 25.9 Å². The summed E-state index contributed by atoms with van der Waals surface area (Å²) in [5, 5.41) is 0. The van der Waals surface area contributed by atoms with Crippen LogP contribution in [0.5, 0.6) is 0 Å². The lowest BCUT2D eigenvalue weighted by Crippen LogP contribution is -2.54. The van der Waals surface area contributed by atoms with E-state index in [9.17, 15) is 0 Å². The van der Waals surface area contributed by atoms with E-state index in [1.807, 2.05) is 6.20 Å². The maximum Gasteiger partial charge on any atom is 0.127 e. The topological polar surface area (TPSA) is 47.1 Å². The molecule has 1 aromatic rings. The molecule has 0 amide bonds. The molecule has 1 unspecified atom stereocenters. The average Bonchev–Trinajstić information content (AvgIpc) is 3.12. The Morgan fingerprint density at radius 3 is 2.45 bits per heavy atom. The van der Waals surface area contributed by atoms with Gasteiger partial charge in [0.2, 0.25) is 0 Å². The van der Waals surface area contributed by atoms with E-state index in [2.05, 4.69) is 41.4 Å². The molecule has 0 aromatic carbocycles. The first-order valence-electron chi connectivity index (χ1n) is 8.21. The first kappa shape index (κ1) is 15.5. The van der Waals surface area contributed by atoms with Crippen LogP contribution in [0.3, 0.4) is 0 Å². The summed E-state index contributed by atoms with van der Waals surface area (Å²) >= 11 is 0. The van der Waals surface area contributed by atoms with Crippen molar-refractivity contribution in [2.75, 3.05) is 13.1 Å². The normalized spacial score (nSPS) is 18.6. The molecule has 0 radical (unpaired) electrons. The van der Waals surface area contributed by atoms with Crippen LogP contribution in [0.4, 0.5) is 0 Å². The second-order valence-electron chi connectivity index (χ2n) is 5.96. The number of nitrogens with zero attached hydrogens (tertiary/aromatic N) is 3. The van der Waals surface area contributed by atoms with Gasteiger partial charge < -0.3 is 10.3 Å². The summed E-state index contributed by atoms with van der Waals surface area (Å²) in [6.45, 7) is 10.1. The van der Waals surface area contributed by atoms with E-state index in [4.69, 9.17) is 5.73 Å². The van der Waals surface area contributed by atoms with Crippen LogP contribution in [0.1, 0.15) is 64.7 Å². The van der Waals surface area contributed by atoms with E-state index >= 15 is 0 Å². The third-order valence-corrected chi connectivity index (χ3v) is 5.03. The van der Waals surface area contributed by atoms with E-state index < -0.39 is 0 Å². The molecule has 0 saturated carbocycles. The molecule has 20 heavy (non-hydrogen) atoms. The number of likely N-dealkylation sites (tertiary alicyclic amines) is 1. The van der Waals surface area contributed by atoms with Gasteiger partial charge >= 0.3 is 0 Å². The molecule has 2 rings (SSSR count). The Morgan fingerprint density at radius 2 is 1.90 bits per heavy atom. The van der Waals surface area contributed by atoms with Crippen molar-refractivity contribution in [3.05, 3.63) is 18.2 Å². The molecule has 2 N–H and O–H groups in total. The van der Waals surface area contributed by atoms with Gasteiger partial charge in [-0.05, 0) is 45.2 Å². The number of aromatic nitrogens is 2.